The number of carbonyl (C=O) groups is 2. The van der Waals surface area contributed by atoms with Gasteiger partial charge in [0.1, 0.15) is 6.04 Å². The third kappa shape index (κ3) is 4.29. The summed E-state index contributed by atoms with van der Waals surface area (Å²) >= 11 is 0. The van der Waals surface area contributed by atoms with Crippen molar-refractivity contribution >= 4 is 11.9 Å². The zero-order chi connectivity index (χ0) is 11.4. The van der Waals surface area contributed by atoms with Crippen LogP contribution in [0.1, 0.15) is 26.2 Å². The normalized spacial score (nSPS) is 17.5. The van der Waals surface area contributed by atoms with Crippen molar-refractivity contribution in [2.75, 3.05) is 13.6 Å². The highest BCUT2D eigenvalue weighted by Crippen LogP contribution is 2.18. The van der Waals surface area contributed by atoms with Crippen molar-refractivity contribution in [2.24, 2.45) is 0 Å². The topological polar surface area (TPSA) is 69.6 Å². The minimum atomic E-state index is -0.861. The monoisotopic (exact) mass is 214 g/mol. The lowest BCUT2D eigenvalue weighted by molar-refractivity contribution is -0.142. The summed E-state index contributed by atoms with van der Waals surface area (Å²) in [7, 11) is 1.71. The maximum Gasteiger partial charge on any atom is 0.320 e. The van der Waals surface area contributed by atoms with Crippen molar-refractivity contribution < 1.29 is 14.7 Å². The fourth-order valence-electron chi connectivity index (χ4n) is 1.19. The van der Waals surface area contributed by atoms with Crippen molar-refractivity contribution in [3.8, 4) is 0 Å². The highest BCUT2D eigenvalue weighted by atomic mass is 16.4. The van der Waals surface area contributed by atoms with Crippen LogP contribution in [0.25, 0.3) is 0 Å². The molecule has 1 saturated carbocycles. The Bertz CT molecular complexity index is 251. The maximum absolute atomic E-state index is 11.3. The van der Waals surface area contributed by atoms with Gasteiger partial charge >= 0.3 is 5.97 Å². The van der Waals surface area contributed by atoms with E-state index in [1.54, 1.807) is 18.9 Å². The number of likely N-dealkylation sites (N-methyl/N-ethyl adjacent to an activating group) is 1. The van der Waals surface area contributed by atoms with Crippen molar-refractivity contribution in [2.45, 2.75) is 38.3 Å². The summed E-state index contributed by atoms with van der Waals surface area (Å²) < 4.78 is 0. The molecule has 0 radical (unpaired) electrons. The molecule has 1 fully saturated rings. The first-order chi connectivity index (χ1) is 7.00. The van der Waals surface area contributed by atoms with E-state index in [-0.39, 0.29) is 5.91 Å². The van der Waals surface area contributed by atoms with Crippen LogP contribution < -0.4 is 5.32 Å². The van der Waals surface area contributed by atoms with E-state index in [9.17, 15) is 9.59 Å². The maximum atomic E-state index is 11.3. The van der Waals surface area contributed by atoms with Crippen molar-refractivity contribution in [3.05, 3.63) is 0 Å². The van der Waals surface area contributed by atoms with E-state index >= 15 is 0 Å². The van der Waals surface area contributed by atoms with Crippen molar-refractivity contribution in [1.82, 2.24) is 10.2 Å². The smallest absolute Gasteiger partial charge is 0.320 e. The van der Waals surface area contributed by atoms with Crippen LogP contribution in [-0.2, 0) is 9.59 Å². The van der Waals surface area contributed by atoms with Crippen LogP contribution in [0.5, 0.6) is 0 Å². The Kier molecular flexibility index (Phi) is 4.08. The van der Waals surface area contributed by atoms with Gasteiger partial charge < -0.3 is 10.4 Å². The molecule has 0 aromatic rings. The summed E-state index contributed by atoms with van der Waals surface area (Å²) in [6.07, 6.45) is 2.52. The lowest BCUT2D eigenvalue weighted by Crippen LogP contribution is -2.38. The van der Waals surface area contributed by atoms with Crippen molar-refractivity contribution in [3.63, 3.8) is 0 Å². The summed E-state index contributed by atoms with van der Waals surface area (Å²) in [6, 6.07) is -0.168. The molecule has 0 heterocycles. The highest BCUT2D eigenvalue weighted by molar-refractivity contribution is 5.77. The number of hydrogen-bond acceptors (Lipinski definition) is 3. The van der Waals surface area contributed by atoms with Crippen LogP contribution in [0.15, 0.2) is 0 Å². The average Bonchev–Trinajstić information content (AvgIpc) is 2.96. The van der Waals surface area contributed by atoms with E-state index in [1.807, 2.05) is 0 Å². The van der Waals surface area contributed by atoms with E-state index in [1.165, 1.54) is 0 Å². The molecule has 1 atom stereocenters. The molecule has 2 N–H and O–H groups in total. The average molecular weight is 214 g/mol. The standard InChI is InChI=1S/C10H18N2O3/c1-7(10(14)15)12(2)6-5-9(13)11-8-3-4-8/h7-8H,3-6H2,1-2H3,(H,11,13)(H,14,15). The largest absolute Gasteiger partial charge is 0.480 e. The SMILES string of the molecule is CC(C(=O)O)N(C)CCC(=O)NC1CC1. The fraction of sp³-hybridized carbons (Fsp3) is 0.800. The second-order valence-corrected chi connectivity index (χ2v) is 4.09. The third-order valence-corrected chi connectivity index (χ3v) is 2.65. The van der Waals surface area contributed by atoms with E-state index in [2.05, 4.69) is 5.32 Å². The molecule has 1 unspecified atom stereocenters. The van der Waals surface area contributed by atoms with Gasteiger partial charge in [-0.1, -0.05) is 0 Å². The quantitative estimate of drug-likeness (QED) is 0.656. The molecule has 5 nitrogen and oxygen atoms in total. The van der Waals surface area contributed by atoms with E-state index < -0.39 is 12.0 Å². The molecule has 0 spiro atoms. The minimum absolute atomic E-state index is 0.0157. The molecule has 1 rings (SSSR count). The van der Waals surface area contributed by atoms with Gasteiger partial charge in [-0.3, -0.25) is 14.5 Å². The first kappa shape index (κ1) is 12.0. The zero-order valence-corrected chi connectivity index (χ0v) is 9.19. The van der Waals surface area contributed by atoms with E-state index in [0.717, 1.165) is 12.8 Å². The summed E-state index contributed by atoms with van der Waals surface area (Å²) in [5, 5.41) is 11.6. The molecule has 0 aromatic carbocycles. The van der Waals surface area contributed by atoms with E-state index in [0.29, 0.717) is 19.0 Å². The summed E-state index contributed by atoms with van der Waals surface area (Å²) in [6.45, 7) is 2.09. The summed E-state index contributed by atoms with van der Waals surface area (Å²) in [5.74, 6) is -0.845. The van der Waals surface area contributed by atoms with Gasteiger partial charge in [0.15, 0.2) is 0 Å². The van der Waals surface area contributed by atoms with Gasteiger partial charge in [-0.25, -0.2) is 0 Å². The van der Waals surface area contributed by atoms with Gasteiger partial charge in [0.25, 0.3) is 0 Å². The van der Waals surface area contributed by atoms with Gasteiger partial charge in [-0.15, -0.1) is 0 Å². The number of amides is 1. The second-order valence-electron chi connectivity index (χ2n) is 4.09. The van der Waals surface area contributed by atoms with Gasteiger partial charge in [-0.2, -0.15) is 0 Å². The Hall–Kier alpha value is -1.10. The Labute approximate surface area is 89.4 Å². The molecule has 0 bridgehead atoms. The fourth-order valence-corrected chi connectivity index (χ4v) is 1.19. The molecular weight excluding hydrogens is 196 g/mol. The number of hydrogen-bond donors (Lipinski definition) is 2. The molecule has 1 aliphatic rings. The van der Waals surface area contributed by atoms with Gasteiger partial charge in [0.2, 0.25) is 5.91 Å². The number of carbonyl (C=O) groups excluding carboxylic acids is 1. The van der Waals surface area contributed by atoms with Crippen LogP contribution in [0.2, 0.25) is 0 Å². The number of nitrogens with zero attached hydrogens (tertiary/aromatic N) is 1. The van der Waals surface area contributed by atoms with Crippen LogP contribution in [-0.4, -0.2) is 47.6 Å². The molecular formula is C10H18N2O3. The minimum Gasteiger partial charge on any atom is -0.480 e. The summed E-state index contributed by atoms with van der Waals surface area (Å²) in [4.78, 5) is 23.6. The Morgan fingerprint density at radius 2 is 2.13 bits per heavy atom. The molecule has 0 aliphatic heterocycles. The number of aliphatic carboxylic acids is 1. The van der Waals surface area contributed by atoms with Crippen LogP contribution >= 0.6 is 0 Å². The van der Waals surface area contributed by atoms with Crippen molar-refractivity contribution in [1.29, 1.82) is 0 Å². The molecule has 1 aliphatic carbocycles. The predicted octanol–water partition coefficient (Wildman–Crippen LogP) is 0.0600. The predicted molar refractivity (Wildman–Crippen MR) is 55.5 cm³/mol. The number of rotatable bonds is 6. The van der Waals surface area contributed by atoms with E-state index in [4.69, 9.17) is 5.11 Å². The Morgan fingerprint density at radius 3 is 2.60 bits per heavy atom. The molecule has 0 saturated heterocycles. The number of carboxylic acid groups (broad SMARTS) is 1. The molecule has 5 heteroatoms. The third-order valence-electron chi connectivity index (χ3n) is 2.65. The first-order valence-electron chi connectivity index (χ1n) is 5.23. The number of carboxylic acids is 1. The summed E-state index contributed by atoms with van der Waals surface area (Å²) in [5.41, 5.74) is 0. The molecule has 15 heavy (non-hydrogen) atoms. The highest BCUT2D eigenvalue weighted by Gasteiger charge is 2.23. The lowest BCUT2D eigenvalue weighted by Gasteiger charge is -2.20. The molecule has 86 valence electrons. The second kappa shape index (κ2) is 5.11. The molecule has 1 amide bonds. The van der Waals surface area contributed by atoms with Gasteiger partial charge in [0.05, 0.1) is 0 Å². The van der Waals surface area contributed by atoms with Crippen LogP contribution in [0.4, 0.5) is 0 Å². The lowest BCUT2D eigenvalue weighted by atomic mass is 10.2. The van der Waals surface area contributed by atoms with Crippen LogP contribution in [0, 0.1) is 0 Å². The Balaban J connectivity index is 2.17. The Morgan fingerprint density at radius 1 is 1.53 bits per heavy atom. The first-order valence-corrected chi connectivity index (χ1v) is 5.23. The zero-order valence-electron chi connectivity index (χ0n) is 9.19. The molecule has 0 aromatic heterocycles. The van der Waals surface area contributed by atoms with Gasteiger partial charge in [0, 0.05) is 19.0 Å². The van der Waals surface area contributed by atoms with Gasteiger partial charge in [-0.05, 0) is 26.8 Å². The van der Waals surface area contributed by atoms with Crippen LogP contribution in [0.3, 0.4) is 0 Å². The number of nitrogens with one attached hydrogen (secondary N) is 1.